The van der Waals surface area contributed by atoms with Gasteiger partial charge in [-0.05, 0) is 50.1 Å². The predicted molar refractivity (Wildman–Crippen MR) is 184 cm³/mol. The molecule has 0 aliphatic carbocycles. The lowest BCUT2D eigenvalue weighted by Gasteiger charge is -2.43. The Labute approximate surface area is 309 Å². The lowest BCUT2D eigenvalue weighted by atomic mass is 9.85. The number of carbonyl (C=O) groups is 2. The Bertz CT molecular complexity index is 2210. The Kier molecular flexibility index (Phi) is 9.03. The van der Waals surface area contributed by atoms with Gasteiger partial charge in [0.1, 0.15) is 30.2 Å². The summed E-state index contributed by atoms with van der Waals surface area (Å²) in [6, 6.07) is 5.33. The van der Waals surface area contributed by atoms with Crippen LogP contribution in [0.15, 0.2) is 41.3 Å². The summed E-state index contributed by atoms with van der Waals surface area (Å²) < 4.78 is 54.5. The minimum Gasteiger partial charge on any atom is -0.506 e. The van der Waals surface area contributed by atoms with E-state index in [2.05, 4.69) is 15.4 Å². The highest BCUT2D eigenvalue weighted by Gasteiger charge is 2.51. The summed E-state index contributed by atoms with van der Waals surface area (Å²) in [6.07, 6.45) is -4.60. The molecule has 1 aromatic carbocycles. The molecule has 286 valence electrons. The molecule has 3 fully saturated rings. The Hall–Kier alpha value is -4.82. The number of hydrogen-bond donors (Lipinski definition) is 3. The van der Waals surface area contributed by atoms with Gasteiger partial charge in [0.05, 0.1) is 46.3 Å². The predicted octanol–water partition coefficient (Wildman–Crippen LogP) is 2.42. The number of pyridine rings is 1. The fourth-order valence-electron chi connectivity index (χ4n) is 7.93. The van der Waals surface area contributed by atoms with E-state index in [-0.39, 0.29) is 83.9 Å². The number of anilines is 2. The molecule has 4 aliphatic heterocycles. The number of hydrogen-bond acceptors (Lipinski definition) is 12. The number of fused-ring (bicyclic) bond motifs is 4. The van der Waals surface area contributed by atoms with Crippen LogP contribution in [0.25, 0.3) is 5.78 Å². The zero-order valence-electron chi connectivity index (χ0n) is 28.8. The van der Waals surface area contributed by atoms with Crippen LogP contribution in [0.4, 0.5) is 24.8 Å². The summed E-state index contributed by atoms with van der Waals surface area (Å²) in [5, 5.41) is 28.3. The monoisotopic (exact) mass is 773 g/mol. The van der Waals surface area contributed by atoms with E-state index in [0.717, 1.165) is 22.7 Å². The summed E-state index contributed by atoms with van der Waals surface area (Å²) in [6.45, 7) is 3.27. The molecular formula is C34H35ClF3N9O7. The molecule has 0 bridgehead atoms. The molecule has 3 aromatic heterocycles. The molecule has 7 heterocycles. The minimum absolute atomic E-state index is 0.0122. The second kappa shape index (κ2) is 13.5. The number of ether oxygens (including phenoxy) is 2. The number of piperazine rings is 1. The minimum atomic E-state index is -4.63. The van der Waals surface area contributed by atoms with Gasteiger partial charge in [0.25, 0.3) is 5.56 Å². The van der Waals surface area contributed by atoms with E-state index in [1.165, 1.54) is 16.8 Å². The van der Waals surface area contributed by atoms with Gasteiger partial charge in [-0.25, -0.2) is 0 Å². The first-order chi connectivity index (χ1) is 25.7. The number of amides is 2. The molecule has 0 saturated carbocycles. The van der Waals surface area contributed by atoms with Crippen LogP contribution in [0, 0.1) is 0 Å². The highest BCUT2D eigenvalue weighted by atomic mass is 35.5. The molecule has 0 radical (unpaired) electrons. The second-order valence-electron chi connectivity index (χ2n) is 13.8. The Morgan fingerprint density at radius 2 is 1.94 bits per heavy atom. The summed E-state index contributed by atoms with van der Waals surface area (Å²) in [5.41, 5.74) is -1.92. The number of alkyl halides is 3. The van der Waals surface area contributed by atoms with E-state index < -0.39 is 47.7 Å². The van der Waals surface area contributed by atoms with Gasteiger partial charge in [-0.3, -0.25) is 24.3 Å². The van der Waals surface area contributed by atoms with Gasteiger partial charge in [-0.1, -0.05) is 11.6 Å². The molecule has 1 unspecified atom stereocenters. The number of aromatic nitrogens is 5. The Morgan fingerprint density at radius 1 is 1.17 bits per heavy atom. The Morgan fingerprint density at radius 3 is 2.67 bits per heavy atom. The van der Waals surface area contributed by atoms with E-state index >= 15 is 0 Å². The number of rotatable bonds is 6. The summed E-state index contributed by atoms with van der Waals surface area (Å²) >= 11 is 6.15. The number of nitrogens with zero attached hydrogens (tertiary/aromatic N) is 8. The van der Waals surface area contributed by atoms with Crippen molar-refractivity contribution in [2.75, 3.05) is 56.2 Å². The average molecular weight is 774 g/mol. The van der Waals surface area contributed by atoms with Crippen molar-refractivity contribution in [3.63, 3.8) is 0 Å². The fraction of sp³-hybridized carbons (Fsp3) is 0.471. The topological polar surface area (TPSA) is 180 Å². The van der Waals surface area contributed by atoms with Crippen molar-refractivity contribution in [3.05, 3.63) is 74.4 Å². The molecule has 2 amide bonds. The van der Waals surface area contributed by atoms with Crippen LogP contribution in [0.3, 0.4) is 0 Å². The van der Waals surface area contributed by atoms with E-state index in [1.807, 2.05) is 4.90 Å². The quantitative estimate of drug-likeness (QED) is 0.261. The van der Waals surface area contributed by atoms with Gasteiger partial charge in [0.2, 0.25) is 23.5 Å². The molecule has 1 spiro atoms. The third-order valence-electron chi connectivity index (χ3n) is 10.5. The fourth-order valence-corrected chi connectivity index (χ4v) is 8.16. The number of halogens is 4. The van der Waals surface area contributed by atoms with Crippen LogP contribution in [-0.4, -0.2) is 108 Å². The van der Waals surface area contributed by atoms with Crippen molar-refractivity contribution >= 4 is 40.8 Å². The smallest absolute Gasteiger partial charge is 0.416 e. The molecule has 54 heavy (non-hydrogen) atoms. The third kappa shape index (κ3) is 6.22. The number of aliphatic hydroxyl groups excluding tert-OH is 1. The van der Waals surface area contributed by atoms with Crippen molar-refractivity contribution in [2.45, 2.75) is 56.5 Å². The van der Waals surface area contributed by atoms with Gasteiger partial charge >= 0.3 is 6.18 Å². The number of aromatic hydroxyl groups is 1. The summed E-state index contributed by atoms with van der Waals surface area (Å²) in [7, 11) is 0. The van der Waals surface area contributed by atoms with Gasteiger partial charge in [0.15, 0.2) is 6.23 Å². The van der Waals surface area contributed by atoms with E-state index in [1.54, 1.807) is 22.8 Å². The van der Waals surface area contributed by atoms with Crippen molar-refractivity contribution in [1.29, 1.82) is 0 Å². The van der Waals surface area contributed by atoms with Gasteiger partial charge < -0.3 is 39.4 Å². The molecule has 3 N–H and O–H groups in total. The highest BCUT2D eigenvalue weighted by molar-refractivity contribution is 6.33. The van der Waals surface area contributed by atoms with Gasteiger partial charge in [-0.2, -0.15) is 22.7 Å². The number of benzene rings is 1. The largest absolute Gasteiger partial charge is 0.506 e. The van der Waals surface area contributed by atoms with Crippen molar-refractivity contribution in [2.24, 2.45) is 0 Å². The summed E-state index contributed by atoms with van der Waals surface area (Å²) in [4.78, 5) is 54.8. The highest BCUT2D eigenvalue weighted by Crippen LogP contribution is 2.49. The zero-order valence-corrected chi connectivity index (χ0v) is 29.5. The molecule has 16 nitrogen and oxygen atoms in total. The third-order valence-corrected chi connectivity index (χ3v) is 10.8. The lowest BCUT2D eigenvalue weighted by molar-refractivity contribution is -0.148. The number of aliphatic hydroxyl groups is 1. The van der Waals surface area contributed by atoms with Crippen LogP contribution in [0.2, 0.25) is 5.02 Å². The first kappa shape index (κ1) is 36.2. The number of piperidine rings is 1. The zero-order chi connectivity index (χ0) is 38.1. The molecule has 8 rings (SSSR count). The number of morpholine rings is 1. The van der Waals surface area contributed by atoms with Crippen molar-refractivity contribution in [1.82, 2.24) is 33.9 Å². The van der Waals surface area contributed by atoms with Crippen LogP contribution in [0.1, 0.15) is 54.6 Å². The van der Waals surface area contributed by atoms with Crippen LogP contribution in [0.5, 0.6) is 5.75 Å². The normalized spacial score (nSPS) is 22.1. The summed E-state index contributed by atoms with van der Waals surface area (Å²) in [5.74, 6) is -0.704. The van der Waals surface area contributed by atoms with Crippen LogP contribution < -0.4 is 15.8 Å². The maximum Gasteiger partial charge on any atom is 0.416 e. The van der Waals surface area contributed by atoms with E-state index in [9.17, 15) is 37.8 Å². The molecule has 4 aliphatic rings. The molecule has 3 saturated heterocycles. The molecule has 20 heteroatoms. The molecule has 3 atom stereocenters. The standard InChI is InChI=1S/C34H35ClF3N9O7/c1-18-28-26(33(54-18)6-9-43(10-7-33)30(52)27-23(48)3-2-8-39-27)29(51)47-32(41-31(42-47)44-11-12-45-20(14-44)16-53-17-25(45)50)46(28)15-24(49)40-22-5-4-19(13-21(22)35)34(36,37)38/h2-5,8,13,18,20,30,48,52H,6-7,9-12,14-17H2,1H3,(H,40,49)/t18-,20-,30?/m1/s1. The number of carbonyl (C=O) groups excluding carboxylic acids is 2. The lowest BCUT2D eigenvalue weighted by Crippen LogP contribution is -2.60. The molecule has 4 aromatic rings. The number of likely N-dealkylation sites (tertiary alicyclic amines) is 1. The molecular weight excluding hydrogens is 739 g/mol. The van der Waals surface area contributed by atoms with E-state index in [0.29, 0.717) is 31.9 Å². The first-order valence-electron chi connectivity index (χ1n) is 17.3. The number of nitrogens with one attached hydrogen (secondary N) is 1. The second-order valence-corrected chi connectivity index (χ2v) is 14.2. The Balaban J connectivity index is 1.16. The van der Waals surface area contributed by atoms with Gasteiger partial charge in [0, 0.05) is 38.9 Å². The SMILES string of the molecule is C[C@H]1OC2(CCN(C(O)c3ncccc3O)CC2)c2c1n(CC(=O)Nc1ccc(C(F)(F)F)cc1Cl)c1nc(N3CCN4C(=O)COC[C@H]4C3)nn1c2=O. The van der Waals surface area contributed by atoms with Crippen molar-refractivity contribution in [3.8, 4) is 5.75 Å². The van der Waals surface area contributed by atoms with E-state index in [4.69, 9.17) is 26.1 Å². The maximum atomic E-state index is 14.5. The average Bonchev–Trinajstić information content (AvgIpc) is 3.71. The first-order valence-corrected chi connectivity index (χ1v) is 17.7. The van der Waals surface area contributed by atoms with Crippen LogP contribution >= 0.6 is 11.6 Å². The van der Waals surface area contributed by atoms with Crippen LogP contribution in [-0.2, 0) is 37.4 Å². The van der Waals surface area contributed by atoms with Gasteiger partial charge in [-0.15, -0.1) is 5.10 Å². The maximum absolute atomic E-state index is 14.5. The van der Waals surface area contributed by atoms with Crippen molar-refractivity contribution < 1.29 is 42.4 Å².